The highest BCUT2D eigenvalue weighted by Crippen LogP contribution is 2.28. The molecule has 0 saturated heterocycles. The van der Waals surface area contributed by atoms with Gasteiger partial charge in [-0.25, -0.2) is 14.3 Å². The number of hydrogen-bond acceptors (Lipinski definition) is 7. The number of hydrogen-bond donors (Lipinski definition) is 0. The number of para-hydroxylation sites is 2. The number of carbonyl (C=O) groups is 1. The van der Waals surface area contributed by atoms with E-state index in [1.54, 1.807) is 76.4 Å². The SMILES string of the molecule is COc1ccc(Cn2nc(-c3nc4ccccc4n3C(=O)OC(C)(C)C)cc2[N+](=O)[O-])cc1. The number of aromatic nitrogens is 4. The van der Waals surface area contributed by atoms with Crippen molar-refractivity contribution in [3.05, 3.63) is 70.3 Å². The van der Waals surface area contributed by atoms with Crippen LogP contribution in [-0.4, -0.2) is 43.1 Å². The summed E-state index contributed by atoms with van der Waals surface area (Å²) in [6.07, 6.45) is -0.640. The molecule has 0 fully saturated rings. The largest absolute Gasteiger partial charge is 0.497 e. The number of methoxy groups -OCH3 is 1. The molecule has 0 atom stereocenters. The molecular formula is C23H23N5O5. The van der Waals surface area contributed by atoms with E-state index in [4.69, 9.17) is 9.47 Å². The van der Waals surface area contributed by atoms with Crippen molar-refractivity contribution in [3.8, 4) is 17.3 Å². The molecule has 2 aromatic carbocycles. The lowest BCUT2D eigenvalue weighted by molar-refractivity contribution is -0.392. The van der Waals surface area contributed by atoms with E-state index >= 15 is 0 Å². The fourth-order valence-electron chi connectivity index (χ4n) is 3.37. The molecule has 0 N–H and O–H groups in total. The second-order valence-electron chi connectivity index (χ2n) is 8.39. The summed E-state index contributed by atoms with van der Waals surface area (Å²) in [5.41, 5.74) is 1.32. The Labute approximate surface area is 189 Å². The van der Waals surface area contributed by atoms with Crippen LogP contribution in [0.15, 0.2) is 54.6 Å². The molecule has 0 aliphatic rings. The molecule has 0 radical (unpaired) electrons. The molecule has 10 nitrogen and oxygen atoms in total. The van der Waals surface area contributed by atoms with Crippen LogP contribution in [0.25, 0.3) is 22.6 Å². The first-order valence-electron chi connectivity index (χ1n) is 10.2. The van der Waals surface area contributed by atoms with E-state index in [0.717, 1.165) is 5.56 Å². The number of benzene rings is 2. The maximum atomic E-state index is 13.0. The zero-order valence-electron chi connectivity index (χ0n) is 18.7. The molecule has 170 valence electrons. The predicted molar refractivity (Wildman–Crippen MR) is 121 cm³/mol. The Morgan fingerprint density at radius 3 is 2.45 bits per heavy atom. The Hall–Kier alpha value is -4.21. The third-order valence-electron chi connectivity index (χ3n) is 4.80. The summed E-state index contributed by atoms with van der Waals surface area (Å²) in [5, 5.41) is 16.2. The molecule has 0 amide bonds. The first-order valence-corrected chi connectivity index (χ1v) is 10.2. The average Bonchev–Trinajstić information content (AvgIpc) is 3.34. The fraction of sp³-hybridized carbons (Fsp3) is 0.261. The van der Waals surface area contributed by atoms with Gasteiger partial charge in [0.1, 0.15) is 17.9 Å². The number of nitro groups is 1. The molecule has 2 heterocycles. The van der Waals surface area contributed by atoms with Gasteiger partial charge in [-0.3, -0.25) is 0 Å². The lowest BCUT2D eigenvalue weighted by Crippen LogP contribution is -2.27. The van der Waals surface area contributed by atoms with E-state index in [2.05, 4.69) is 10.1 Å². The quantitative estimate of drug-likeness (QED) is 0.322. The van der Waals surface area contributed by atoms with E-state index < -0.39 is 16.6 Å². The molecule has 2 aromatic heterocycles. The molecule has 33 heavy (non-hydrogen) atoms. The summed E-state index contributed by atoms with van der Waals surface area (Å²) >= 11 is 0. The molecule has 10 heteroatoms. The number of nitrogens with zero attached hydrogens (tertiary/aromatic N) is 5. The van der Waals surface area contributed by atoms with Crippen molar-refractivity contribution in [2.24, 2.45) is 0 Å². The second kappa shape index (κ2) is 8.38. The molecule has 0 bridgehead atoms. The van der Waals surface area contributed by atoms with E-state index in [1.807, 2.05) is 0 Å². The molecule has 0 saturated carbocycles. The molecule has 0 unspecified atom stereocenters. The Morgan fingerprint density at radius 1 is 1.12 bits per heavy atom. The van der Waals surface area contributed by atoms with Crippen molar-refractivity contribution in [2.75, 3.05) is 7.11 Å². The highest BCUT2D eigenvalue weighted by molar-refractivity contribution is 5.91. The smallest absolute Gasteiger partial charge is 0.420 e. The van der Waals surface area contributed by atoms with Crippen LogP contribution in [0.2, 0.25) is 0 Å². The van der Waals surface area contributed by atoms with Gasteiger partial charge in [-0.15, -0.1) is 4.68 Å². The Bertz CT molecular complexity index is 1330. The zero-order chi connectivity index (χ0) is 23.8. The topological polar surface area (TPSA) is 114 Å². The number of fused-ring (bicyclic) bond motifs is 1. The minimum atomic E-state index is -0.737. The number of ether oxygens (including phenoxy) is 2. The molecule has 0 spiro atoms. The zero-order valence-corrected chi connectivity index (χ0v) is 18.7. The second-order valence-corrected chi connectivity index (χ2v) is 8.39. The van der Waals surface area contributed by atoms with Gasteiger partial charge in [0, 0.05) is 0 Å². The minimum Gasteiger partial charge on any atom is -0.497 e. The summed E-state index contributed by atoms with van der Waals surface area (Å²) in [6.45, 7) is 5.45. The van der Waals surface area contributed by atoms with Gasteiger partial charge >= 0.3 is 11.9 Å². The predicted octanol–water partition coefficient (Wildman–Crippen LogP) is 4.65. The van der Waals surface area contributed by atoms with Crippen LogP contribution in [0.4, 0.5) is 10.6 Å². The average molecular weight is 449 g/mol. The standard InChI is InChI=1S/C23H23N5O5/c1-23(2,3)33-22(29)27-19-8-6-5-7-17(19)24-21(27)18-13-20(28(30)31)26(25-18)14-15-9-11-16(32-4)12-10-15/h5-13H,14H2,1-4H3. The monoisotopic (exact) mass is 449 g/mol. The summed E-state index contributed by atoms with van der Waals surface area (Å²) in [5.74, 6) is 0.631. The van der Waals surface area contributed by atoms with Crippen molar-refractivity contribution >= 4 is 22.9 Å². The number of rotatable bonds is 5. The molecule has 4 aromatic rings. The van der Waals surface area contributed by atoms with Gasteiger partial charge in [-0.2, -0.15) is 0 Å². The normalized spacial score (nSPS) is 11.5. The van der Waals surface area contributed by atoms with Crippen LogP contribution in [0.3, 0.4) is 0 Å². The Balaban J connectivity index is 1.81. The van der Waals surface area contributed by atoms with E-state index in [9.17, 15) is 14.9 Å². The maximum absolute atomic E-state index is 13.0. The van der Waals surface area contributed by atoms with Gasteiger partial charge in [0.15, 0.2) is 11.5 Å². The van der Waals surface area contributed by atoms with Crippen LogP contribution in [-0.2, 0) is 11.3 Å². The number of imidazole rings is 1. The van der Waals surface area contributed by atoms with Gasteiger partial charge in [0.25, 0.3) is 0 Å². The summed E-state index contributed by atoms with van der Waals surface area (Å²) in [7, 11) is 1.57. The van der Waals surface area contributed by atoms with Crippen molar-refractivity contribution in [1.82, 2.24) is 19.3 Å². The van der Waals surface area contributed by atoms with E-state index in [-0.39, 0.29) is 23.9 Å². The Morgan fingerprint density at radius 2 is 1.82 bits per heavy atom. The van der Waals surface area contributed by atoms with Crippen molar-refractivity contribution in [1.29, 1.82) is 0 Å². The molecular weight excluding hydrogens is 426 g/mol. The van der Waals surface area contributed by atoms with Crippen LogP contribution < -0.4 is 4.74 Å². The summed E-state index contributed by atoms with van der Waals surface area (Å²) in [4.78, 5) is 28.8. The summed E-state index contributed by atoms with van der Waals surface area (Å²) in [6, 6.07) is 15.5. The molecule has 0 aliphatic carbocycles. The third-order valence-corrected chi connectivity index (χ3v) is 4.80. The van der Waals surface area contributed by atoms with Crippen LogP contribution in [0.1, 0.15) is 26.3 Å². The van der Waals surface area contributed by atoms with E-state index in [0.29, 0.717) is 16.8 Å². The van der Waals surface area contributed by atoms with Crippen LogP contribution >= 0.6 is 0 Å². The van der Waals surface area contributed by atoms with Crippen molar-refractivity contribution < 1.29 is 19.2 Å². The van der Waals surface area contributed by atoms with Crippen molar-refractivity contribution in [2.45, 2.75) is 32.9 Å². The maximum Gasteiger partial charge on any atom is 0.420 e. The fourth-order valence-corrected chi connectivity index (χ4v) is 3.37. The summed E-state index contributed by atoms with van der Waals surface area (Å²) < 4.78 is 13.3. The highest BCUT2D eigenvalue weighted by atomic mass is 16.6. The minimum absolute atomic E-state index is 0.160. The molecule has 4 rings (SSSR count). The first kappa shape index (κ1) is 22.0. The van der Waals surface area contributed by atoms with Gasteiger partial charge in [-0.05, 0) is 55.5 Å². The van der Waals surface area contributed by atoms with Crippen molar-refractivity contribution in [3.63, 3.8) is 0 Å². The third kappa shape index (κ3) is 4.54. The van der Waals surface area contributed by atoms with Crippen LogP contribution in [0.5, 0.6) is 5.75 Å². The highest BCUT2D eigenvalue weighted by Gasteiger charge is 2.28. The Kier molecular flexibility index (Phi) is 5.59. The first-order chi connectivity index (χ1) is 15.7. The van der Waals surface area contributed by atoms with Gasteiger partial charge in [0.2, 0.25) is 0 Å². The van der Waals surface area contributed by atoms with Gasteiger partial charge in [0.05, 0.1) is 24.2 Å². The lowest BCUT2D eigenvalue weighted by Gasteiger charge is -2.20. The van der Waals surface area contributed by atoms with E-state index in [1.165, 1.54) is 15.3 Å². The number of carbonyl (C=O) groups excluding carboxylic acids is 1. The molecule has 0 aliphatic heterocycles. The van der Waals surface area contributed by atoms with Gasteiger partial charge < -0.3 is 19.6 Å². The van der Waals surface area contributed by atoms with Gasteiger partial charge in [-0.1, -0.05) is 29.4 Å². The lowest BCUT2D eigenvalue weighted by atomic mass is 10.2. The van der Waals surface area contributed by atoms with Crippen LogP contribution in [0, 0.1) is 10.1 Å².